The molecular formula is C19H24N2O2. The van der Waals surface area contributed by atoms with Crippen LogP contribution in [0.4, 0.5) is 0 Å². The van der Waals surface area contributed by atoms with Gasteiger partial charge in [0.05, 0.1) is 6.26 Å². The maximum atomic E-state index is 12.8. The number of hydrogen-bond donors (Lipinski definition) is 1. The number of aromatic nitrogens is 1. The van der Waals surface area contributed by atoms with Crippen LogP contribution in [-0.2, 0) is 0 Å². The van der Waals surface area contributed by atoms with Crippen LogP contribution in [0, 0.1) is 11.3 Å². The molecule has 2 aromatic rings. The molecule has 4 nitrogen and oxygen atoms in total. The average Bonchev–Trinajstić information content (AvgIpc) is 3.30. The van der Waals surface area contributed by atoms with E-state index in [1.54, 1.807) is 6.26 Å². The van der Waals surface area contributed by atoms with Gasteiger partial charge in [-0.15, -0.1) is 0 Å². The van der Waals surface area contributed by atoms with Gasteiger partial charge in [-0.25, -0.2) is 0 Å². The zero-order chi connectivity index (χ0) is 15.9. The molecule has 0 aromatic carbocycles. The number of rotatable bonds is 2. The second-order valence-electron chi connectivity index (χ2n) is 7.44. The summed E-state index contributed by atoms with van der Waals surface area (Å²) in [5.74, 6) is 1.77. The summed E-state index contributed by atoms with van der Waals surface area (Å²) < 4.78 is 5.39. The van der Waals surface area contributed by atoms with Gasteiger partial charge in [-0.05, 0) is 48.8 Å². The monoisotopic (exact) mass is 312 g/mol. The van der Waals surface area contributed by atoms with E-state index in [4.69, 9.17) is 4.42 Å². The number of amides is 1. The molecule has 23 heavy (non-hydrogen) atoms. The van der Waals surface area contributed by atoms with Crippen LogP contribution in [0.3, 0.4) is 0 Å². The third-order valence-electron chi connectivity index (χ3n) is 5.78. The maximum absolute atomic E-state index is 12.8. The van der Waals surface area contributed by atoms with Crippen molar-refractivity contribution in [1.29, 1.82) is 0 Å². The molecule has 2 fully saturated rings. The first-order valence-electron chi connectivity index (χ1n) is 8.67. The first kappa shape index (κ1) is 14.6. The van der Waals surface area contributed by atoms with E-state index in [2.05, 4.69) is 11.9 Å². The largest absolute Gasteiger partial charge is 0.464 e. The lowest BCUT2D eigenvalue weighted by Crippen LogP contribution is -2.34. The molecule has 1 saturated heterocycles. The fourth-order valence-electron chi connectivity index (χ4n) is 4.16. The molecule has 1 amide bonds. The Labute approximate surface area is 136 Å². The third-order valence-corrected chi connectivity index (χ3v) is 5.78. The van der Waals surface area contributed by atoms with Gasteiger partial charge < -0.3 is 14.3 Å². The molecule has 4 heteroatoms. The molecule has 4 rings (SSSR count). The molecule has 1 aliphatic carbocycles. The van der Waals surface area contributed by atoms with Crippen LogP contribution >= 0.6 is 0 Å². The normalized spacial score (nSPS) is 27.7. The lowest BCUT2D eigenvalue weighted by Gasteiger charge is -2.36. The molecule has 0 unspecified atom stereocenters. The van der Waals surface area contributed by atoms with Crippen molar-refractivity contribution in [2.75, 3.05) is 13.1 Å². The minimum absolute atomic E-state index is 0.123. The first-order valence-corrected chi connectivity index (χ1v) is 8.67. The van der Waals surface area contributed by atoms with E-state index in [9.17, 15) is 4.79 Å². The zero-order valence-corrected chi connectivity index (χ0v) is 13.7. The summed E-state index contributed by atoms with van der Waals surface area (Å²) in [6.07, 6.45) is 9.84. The summed E-state index contributed by atoms with van der Waals surface area (Å²) >= 11 is 0. The molecular weight excluding hydrogens is 288 g/mol. The number of aromatic amines is 1. The molecule has 2 aromatic heterocycles. The minimum Gasteiger partial charge on any atom is -0.464 e. The first-order chi connectivity index (χ1) is 11.2. The molecule has 0 atom stereocenters. The highest BCUT2D eigenvalue weighted by molar-refractivity contribution is 5.94. The number of nitrogens with one attached hydrogen (secondary N) is 1. The number of likely N-dealkylation sites (tertiary alicyclic amines) is 1. The topological polar surface area (TPSA) is 49.2 Å². The van der Waals surface area contributed by atoms with E-state index in [1.807, 2.05) is 29.3 Å². The quantitative estimate of drug-likeness (QED) is 0.898. The molecule has 1 saturated carbocycles. The minimum atomic E-state index is 0.123. The smallest absolute Gasteiger partial charge is 0.270 e. The summed E-state index contributed by atoms with van der Waals surface area (Å²) in [6.45, 7) is 4.16. The van der Waals surface area contributed by atoms with Crippen molar-refractivity contribution in [3.05, 3.63) is 36.4 Å². The van der Waals surface area contributed by atoms with Gasteiger partial charge in [0, 0.05) is 24.8 Å². The summed E-state index contributed by atoms with van der Waals surface area (Å²) in [5.41, 5.74) is 1.98. The van der Waals surface area contributed by atoms with Gasteiger partial charge >= 0.3 is 0 Å². The summed E-state index contributed by atoms with van der Waals surface area (Å²) in [7, 11) is 0. The van der Waals surface area contributed by atoms with E-state index < -0.39 is 0 Å². The highest BCUT2D eigenvalue weighted by atomic mass is 16.3. The molecule has 3 heterocycles. The van der Waals surface area contributed by atoms with Crippen molar-refractivity contribution in [3.8, 4) is 11.3 Å². The lowest BCUT2D eigenvalue weighted by atomic mass is 9.70. The van der Waals surface area contributed by atoms with Crippen molar-refractivity contribution in [1.82, 2.24) is 9.88 Å². The highest BCUT2D eigenvalue weighted by Gasteiger charge is 2.41. The van der Waals surface area contributed by atoms with E-state index in [0.717, 1.165) is 36.8 Å². The Hall–Kier alpha value is -1.97. The van der Waals surface area contributed by atoms with Gasteiger partial charge in [-0.1, -0.05) is 19.8 Å². The SMILES string of the molecule is CC1CCC2(CC1)CCN(C(=O)c1cc(-c3ccco3)c[nH]1)C2. The molecule has 2 aliphatic rings. The van der Waals surface area contributed by atoms with Gasteiger partial charge in [-0.3, -0.25) is 4.79 Å². The van der Waals surface area contributed by atoms with Crippen molar-refractivity contribution in [3.63, 3.8) is 0 Å². The fraction of sp³-hybridized carbons (Fsp3) is 0.526. The lowest BCUT2D eigenvalue weighted by molar-refractivity contribution is 0.0746. The number of H-pyrrole nitrogens is 1. The van der Waals surface area contributed by atoms with Crippen molar-refractivity contribution in [2.24, 2.45) is 11.3 Å². The van der Waals surface area contributed by atoms with E-state index in [1.165, 1.54) is 25.7 Å². The average molecular weight is 312 g/mol. The number of furan rings is 1. The van der Waals surface area contributed by atoms with Crippen LogP contribution in [0.15, 0.2) is 35.1 Å². The van der Waals surface area contributed by atoms with Crippen molar-refractivity contribution < 1.29 is 9.21 Å². The van der Waals surface area contributed by atoms with Crippen LogP contribution < -0.4 is 0 Å². The Morgan fingerprint density at radius 1 is 1.35 bits per heavy atom. The Bertz CT molecular complexity index is 678. The Morgan fingerprint density at radius 2 is 2.17 bits per heavy atom. The number of nitrogens with zero attached hydrogens (tertiary/aromatic N) is 1. The second-order valence-corrected chi connectivity index (χ2v) is 7.44. The molecule has 0 radical (unpaired) electrons. The predicted octanol–water partition coefficient (Wildman–Crippen LogP) is 4.32. The van der Waals surface area contributed by atoms with Gasteiger partial charge in [0.15, 0.2) is 0 Å². The Balaban J connectivity index is 1.46. The molecule has 1 aliphatic heterocycles. The second kappa shape index (κ2) is 5.59. The van der Waals surface area contributed by atoms with Crippen LogP contribution in [-0.4, -0.2) is 28.9 Å². The summed E-state index contributed by atoms with van der Waals surface area (Å²) in [6, 6.07) is 5.67. The number of carbonyl (C=O) groups is 1. The number of hydrogen-bond acceptors (Lipinski definition) is 2. The third kappa shape index (κ3) is 2.71. The van der Waals surface area contributed by atoms with Crippen LogP contribution in [0.2, 0.25) is 0 Å². The fourth-order valence-corrected chi connectivity index (χ4v) is 4.16. The Kier molecular flexibility index (Phi) is 3.55. The molecule has 122 valence electrons. The summed E-state index contributed by atoms with van der Waals surface area (Å²) in [4.78, 5) is 17.9. The van der Waals surface area contributed by atoms with Crippen molar-refractivity contribution >= 4 is 5.91 Å². The standard InChI is InChI=1S/C19H24N2O2/c1-14-4-6-19(7-5-14)8-9-21(13-19)18(22)16-11-15(12-20-16)17-3-2-10-23-17/h2-3,10-12,14,20H,4-9,13H2,1H3. The molecule has 1 N–H and O–H groups in total. The predicted molar refractivity (Wildman–Crippen MR) is 89.1 cm³/mol. The van der Waals surface area contributed by atoms with Crippen molar-refractivity contribution in [2.45, 2.75) is 39.0 Å². The van der Waals surface area contributed by atoms with Crippen LogP contribution in [0.1, 0.15) is 49.5 Å². The van der Waals surface area contributed by atoms with Gasteiger partial charge in [0.25, 0.3) is 5.91 Å². The van der Waals surface area contributed by atoms with E-state index >= 15 is 0 Å². The van der Waals surface area contributed by atoms with Gasteiger partial charge in [0.1, 0.15) is 11.5 Å². The van der Waals surface area contributed by atoms with Gasteiger partial charge in [-0.2, -0.15) is 0 Å². The van der Waals surface area contributed by atoms with Gasteiger partial charge in [0.2, 0.25) is 0 Å². The maximum Gasteiger partial charge on any atom is 0.270 e. The highest BCUT2D eigenvalue weighted by Crippen LogP contribution is 2.45. The van der Waals surface area contributed by atoms with Crippen LogP contribution in [0.25, 0.3) is 11.3 Å². The van der Waals surface area contributed by atoms with E-state index in [0.29, 0.717) is 11.1 Å². The zero-order valence-electron chi connectivity index (χ0n) is 13.7. The molecule has 0 bridgehead atoms. The summed E-state index contributed by atoms with van der Waals surface area (Å²) in [5, 5.41) is 0. The molecule has 1 spiro atoms. The Morgan fingerprint density at radius 3 is 2.91 bits per heavy atom. The number of carbonyl (C=O) groups excluding carboxylic acids is 1. The van der Waals surface area contributed by atoms with E-state index in [-0.39, 0.29) is 5.91 Å². The van der Waals surface area contributed by atoms with Crippen LogP contribution in [0.5, 0.6) is 0 Å².